The van der Waals surface area contributed by atoms with E-state index in [1.807, 2.05) is 26.0 Å². The molecular weight excluding hydrogens is 252 g/mol. The zero-order valence-electron chi connectivity index (χ0n) is 10.8. The van der Waals surface area contributed by atoms with Crippen LogP contribution in [-0.4, -0.2) is 12.5 Å². The van der Waals surface area contributed by atoms with Gasteiger partial charge in [0.05, 0.1) is 6.61 Å². The summed E-state index contributed by atoms with van der Waals surface area (Å²) < 4.78 is 5.72. The van der Waals surface area contributed by atoms with Crippen LogP contribution in [0, 0.1) is 13.8 Å². The van der Waals surface area contributed by atoms with Gasteiger partial charge in [-0.2, -0.15) is 0 Å². The lowest BCUT2D eigenvalue weighted by Gasteiger charge is -2.12. The van der Waals surface area contributed by atoms with Crippen LogP contribution in [0.2, 0.25) is 5.02 Å². The third kappa shape index (κ3) is 4.55. The minimum atomic E-state index is -0.145. The molecule has 0 saturated heterocycles. The van der Waals surface area contributed by atoms with Gasteiger partial charge >= 0.3 is 0 Å². The van der Waals surface area contributed by atoms with Crippen molar-refractivity contribution in [2.45, 2.75) is 33.1 Å². The Morgan fingerprint density at radius 2 is 1.94 bits per heavy atom. The van der Waals surface area contributed by atoms with Crippen LogP contribution < -0.4 is 16.0 Å². The second kappa shape index (κ2) is 7.24. The maximum absolute atomic E-state index is 10.9. The SMILES string of the molecule is Cc1cc(Cl)cc(C)c1OCCCCC(=O)NN. The molecule has 0 fully saturated rings. The quantitative estimate of drug-likeness (QED) is 0.361. The first-order chi connectivity index (χ1) is 8.54. The van der Waals surface area contributed by atoms with E-state index >= 15 is 0 Å². The molecule has 0 saturated carbocycles. The van der Waals surface area contributed by atoms with Crippen LogP contribution in [0.1, 0.15) is 30.4 Å². The van der Waals surface area contributed by atoms with Crippen molar-refractivity contribution in [2.75, 3.05) is 6.61 Å². The van der Waals surface area contributed by atoms with E-state index in [0.29, 0.717) is 13.0 Å². The maximum Gasteiger partial charge on any atom is 0.233 e. The molecule has 100 valence electrons. The zero-order valence-corrected chi connectivity index (χ0v) is 11.5. The Hall–Kier alpha value is -1.26. The number of rotatable bonds is 6. The highest BCUT2D eigenvalue weighted by Crippen LogP contribution is 2.27. The molecule has 0 aromatic heterocycles. The fourth-order valence-electron chi connectivity index (χ4n) is 1.76. The molecule has 1 aromatic rings. The molecule has 1 amide bonds. The molecule has 0 spiro atoms. The van der Waals surface area contributed by atoms with E-state index in [0.717, 1.165) is 34.7 Å². The summed E-state index contributed by atoms with van der Waals surface area (Å²) in [5.74, 6) is 5.72. The van der Waals surface area contributed by atoms with Crippen molar-refractivity contribution in [1.29, 1.82) is 0 Å². The minimum absolute atomic E-state index is 0.145. The van der Waals surface area contributed by atoms with Gasteiger partial charge in [0.1, 0.15) is 5.75 Å². The van der Waals surface area contributed by atoms with Crippen LogP contribution >= 0.6 is 11.6 Å². The van der Waals surface area contributed by atoms with Gasteiger partial charge < -0.3 is 4.74 Å². The predicted octanol–water partition coefficient (Wildman–Crippen LogP) is 2.50. The summed E-state index contributed by atoms with van der Waals surface area (Å²) in [6.45, 7) is 4.52. The van der Waals surface area contributed by atoms with Gasteiger partial charge in [0, 0.05) is 11.4 Å². The molecular formula is C13H19ClN2O2. The van der Waals surface area contributed by atoms with Gasteiger partial charge in [0.15, 0.2) is 0 Å². The first-order valence-corrected chi connectivity index (χ1v) is 6.31. The van der Waals surface area contributed by atoms with Gasteiger partial charge in [-0.25, -0.2) is 5.84 Å². The highest BCUT2D eigenvalue weighted by molar-refractivity contribution is 6.30. The van der Waals surface area contributed by atoms with Gasteiger partial charge in [-0.3, -0.25) is 10.2 Å². The van der Waals surface area contributed by atoms with Crippen LogP contribution in [-0.2, 0) is 4.79 Å². The largest absolute Gasteiger partial charge is 0.493 e. The number of amides is 1. The number of benzene rings is 1. The van der Waals surface area contributed by atoms with E-state index in [1.165, 1.54) is 0 Å². The number of carbonyl (C=O) groups excluding carboxylic acids is 1. The summed E-state index contributed by atoms with van der Waals surface area (Å²) in [5.41, 5.74) is 4.16. The van der Waals surface area contributed by atoms with Crippen molar-refractivity contribution < 1.29 is 9.53 Å². The number of carbonyl (C=O) groups is 1. The Morgan fingerprint density at radius 1 is 1.33 bits per heavy atom. The maximum atomic E-state index is 10.9. The molecule has 1 rings (SSSR count). The van der Waals surface area contributed by atoms with E-state index in [4.69, 9.17) is 22.2 Å². The highest BCUT2D eigenvalue weighted by atomic mass is 35.5. The summed E-state index contributed by atoms with van der Waals surface area (Å²) in [4.78, 5) is 10.9. The number of ether oxygens (including phenoxy) is 1. The Balaban J connectivity index is 2.38. The summed E-state index contributed by atoms with van der Waals surface area (Å²) in [7, 11) is 0. The third-order valence-corrected chi connectivity index (χ3v) is 2.85. The number of hydrogen-bond donors (Lipinski definition) is 2. The average Bonchev–Trinajstić information content (AvgIpc) is 2.31. The smallest absolute Gasteiger partial charge is 0.233 e. The molecule has 0 radical (unpaired) electrons. The second-order valence-electron chi connectivity index (χ2n) is 4.24. The van der Waals surface area contributed by atoms with Gasteiger partial charge in [0.25, 0.3) is 0 Å². The summed E-state index contributed by atoms with van der Waals surface area (Å²) in [6.07, 6.45) is 2.00. The average molecular weight is 271 g/mol. The Labute approximate surface area is 112 Å². The van der Waals surface area contributed by atoms with Crippen LogP contribution in [0.15, 0.2) is 12.1 Å². The van der Waals surface area contributed by atoms with Gasteiger partial charge in [0.2, 0.25) is 5.91 Å². The van der Waals surface area contributed by atoms with Crippen LogP contribution in [0.25, 0.3) is 0 Å². The molecule has 0 aliphatic rings. The van der Waals surface area contributed by atoms with Gasteiger partial charge in [-0.05, 0) is 49.9 Å². The first kappa shape index (κ1) is 14.8. The highest BCUT2D eigenvalue weighted by Gasteiger charge is 2.05. The molecule has 0 aliphatic heterocycles. The fourth-order valence-corrected chi connectivity index (χ4v) is 2.09. The number of halogens is 1. The predicted molar refractivity (Wildman–Crippen MR) is 72.6 cm³/mol. The van der Waals surface area contributed by atoms with Crippen molar-refractivity contribution in [2.24, 2.45) is 5.84 Å². The Kier molecular flexibility index (Phi) is 5.95. The van der Waals surface area contributed by atoms with E-state index in [9.17, 15) is 4.79 Å². The third-order valence-electron chi connectivity index (χ3n) is 2.63. The van der Waals surface area contributed by atoms with Crippen molar-refractivity contribution in [3.63, 3.8) is 0 Å². The van der Waals surface area contributed by atoms with Crippen molar-refractivity contribution in [3.8, 4) is 5.75 Å². The molecule has 0 unspecified atom stereocenters. The Morgan fingerprint density at radius 3 is 2.50 bits per heavy atom. The molecule has 1 aromatic carbocycles. The fraction of sp³-hybridized carbons (Fsp3) is 0.462. The van der Waals surface area contributed by atoms with Gasteiger partial charge in [-0.1, -0.05) is 11.6 Å². The van der Waals surface area contributed by atoms with Gasteiger partial charge in [-0.15, -0.1) is 0 Å². The second-order valence-corrected chi connectivity index (χ2v) is 4.68. The molecule has 4 nitrogen and oxygen atoms in total. The lowest BCUT2D eigenvalue weighted by Crippen LogP contribution is -2.29. The minimum Gasteiger partial charge on any atom is -0.493 e. The molecule has 3 N–H and O–H groups in total. The standard InChI is InChI=1S/C13H19ClN2O2/c1-9-7-11(14)8-10(2)13(9)18-6-4-3-5-12(17)16-15/h7-8H,3-6,15H2,1-2H3,(H,16,17). The number of nitrogens with two attached hydrogens (primary N) is 1. The number of unbranched alkanes of at least 4 members (excludes halogenated alkanes) is 1. The van der Waals surface area contributed by atoms with E-state index in [-0.39, 0.29) is 5.91 Å². The topological polar surface area (TPSA) is 64.3 Å². The monoisotopic (exact) mass is 270 g/mol. The molecule has 5 heteroatoms. The lowest BCUT2D eigenvalue weighted by molar-refractivity contribution is -0.121. The summed E-state index contributed by atoms with van der Waals surface area (Å²) >= 11 is 5.94. The molecule has 0 bridgehead atoms. The first-order valence-electron chi connectivity index (χ1n) is 5.93. The van der Waals surface area contributed by atoms with Crippen LogP contribution in [0.5, 0.6) is 5.75 Å². The number of hydrogen-bond acceptors (Lipinski definition) is 3. The van der Waals surface area contributed by atoms with E-state index < -0.39 is 0 Å². The lowest BCUT2D eigenvalue weighted by atomic mass is 10.1. The summed E-state index contributed by atoms with van der Waals surface area (Å²) in [5, 5.41) is 0.719. The van der Waals surface area contributed by atoms with Crippen LogP contribution in [0.3, 0.4) is 0 Å². The van der Waals surface area contributed by atoms with E-state index in [2.05, 4.69) is 5.43 Å². The zero-order chi connectivity index (χ0) is 13.5. The molecule has 0 heterocycles. The summed E-state index contributed by atoms with van der Waals surface area (Å²) in [6, 6.07) is 3.76. The molecule has 18 heavy (non-hydrogen) atoms. The van der Waals surface area contributed by atoms with Crippen LogP contribution in [0.4, 0.5) is 0 Å². The van der Waals surface area contributed by atoms with E-state index in [1.54, 1.807) is 0 Å². The number of aryl methyl sites for hydroxylation is 2. The molecule has 0 aliphatic carbocycles. The normalized spacial score (nSPS) is 10.2. The number of nitrogens with one attached hydrogen (secondary N) is 1. The Bertz CT molecular complexity index is 398. The number of hydrazine groups is 1. The van der Waals surface area contributed by atoms with Crippen molar-refractivity contribution >= 4 is 17.5 Å². The van der Waals surface area contributed by atoms with Crippen molar-refractivity contribution in [3.05, 3.63) is 28.3 Å². The molecule has 0 atom stereocenters. The van der Waals surface area contributed by atoms with Crippen molar-refractivity contribution in [1.82, 2.24) is 5.43 Å².